The molecule has 5 heteroatoms. The van der Waals surface area contributed by atoms with Crippen molar-refractivity contribution in [3.63, 3.8) is 0 Å². The van der Waals surface area contributed by atoms with Crippen molar-refractivity contribution in [3.05, 3.63) is 36.0 Å². The molecular formula is C18H24N2O2S. The highest BCUT2D eigenvalue weighted by Crippen LogP contribution is 2.28. The molecule has 4 nitrogen and oxygen atoms in total. The Hall–Kier alpha value is -1.46. The number of aryl methyl sites for hydroxylation is 1. The van der Waals surface area contributed by atoms with Crippen molar-refractivity contribution in [2.24, 2.45) is 5.92 Å². The van der Waals surface area contributed by atoms with Gasteiger partial charge in [0, 0.05) is 25.2 Å². The molecule has 23 heavy (non-hydrogen) atoms. The molecule has 1 aromatic heterocycles. The Labute approximate surface area is 138 Å². The fraction of sp³-hybridized carbons (Fsp3) is 0.500. The summed E-state index contributed by atoms with van der Waals surface area (Å²) in [6.45, 7) is 2.56. The van der Waals surface area contributed by atoms with Gasteiger partial charge in [-0.15, -0.1) is 0 Å². The molecule has 1 saturated carbocycles. The van der Waals surface area contributed by atoms with E-state index in [2.05, 4.69) is 4.98 Å². The van der Waals surface area contributed by atoms with Crippen LogP contribution in [0.25, 0.3) is 10.9 Å². The Morgan fingerprint density at radius 2 is 1.96 bits per heavy atom. The van der Waals surface area contributed by atoms with Crippen LogP contribution in [0, 0.1) is 12.8 Å². The van der Waals surface area contributed by atoms with E-state index in [0.717, 1.165) is 23.8 Å². The molecule has 0 amide bonds. The third kappa shape index (κ3) is 3.40. The molecule has 1 aliphatic rings. The third-order valence-corrected chi connectivity index (χ3v) is 6.59. The SMILES string of the molecule is Cc1cnc2c(S(=O)(=O)N(C)CC3CCCCC3)cccc2c1. The number of hydrogen-bond donors (Lipinski definition) is 0. The van der Waals surface area contributed by atoms with E-state index < -0.39 is 10.0 Å². The molecule has 0 bridgehead atoms. The number of rotatable bonds is 4. The molecule has 0 aliphatic heterocycles. The molecular weight excluding hydrogens is 308 g/mol. The maximum Gasteiger partial charge on any atom is 0.244 e. The van der Waals surface area contributed by atoms with E-state index in [-0.39, 0.29) is 0 Å². The van der Waals surface area contributed by atoms with Gasteiger partial charge in [-0.1, -0.05) is 31.4 Å². The summed E-state index contributed by atoms with van der Waals surface area (Å²) in [5, 5.41) is 0.872. The van der Waals surface area contributed by atoms with Crippen molar-refractivity contribution in [1.82, 2.24) is 9.29 Å². The van der Waals surface area contributed by atoms with Crippen molar-refractivity contribution < 1.29 is 8.42 Å². The second-order valence-corrected chi connectivity index (χ2v) is 8.64. The number of para-hydroxylation sites is 1. The van der Waals surface area contributed by atoms with E-state index in [9.17, 15) is 8.42 Å². The lowest BCUT2D eigenvalue weighted by molar-refractivity contribution is 0.300. The molecule has 0 saturated heterocycles. The zero-order valence-electron chi connectivity index (χ0n) is 13.8. The van der Waals surface area contributed by atoms with Crippen LogP contribution in [0.5, 0.6) is 0 Å². The summed E-state index contributed by atoms with van der Waals surface area (Å²) in [4.78, 5) is 4.68. The largest absolute Gasteiger partial charge is 0.255 e. The van der Waals surface area contributed by atoms with Crippen LogP contribution in [0.4, 0.5) is 0 Å². The van der Waals surface area contributed by atoms with E-state index in [4.69, 9.17) is 0 Å². The smallest absolute Gasteiger partial charge is 0.244 e. The zero-order valence-corrected chi connectivity index (χ0v) is 14.6. The molecule has 0 atom stereocenters. The molecule has 0 spiro atoms. The molecule has 1 heterocycles. The van der Waals surface area contributed by atoms with Crippen LogP contribution >= 0.6 is 0 Å². The second kappa shape index (κ2) is 6.57. The standard InChI is InChI=1S/C18H24N2O2S/c1-14-11-16-9-6-10-17(18(16)19-12-14)23(21,22)20(2)13-15-7-4-3-5-8-15/h6,9-12,15H,3-5,7-8,13H2,1-2H3. The van der Waals surface area contributed by atoms with Gasteiger partial charge in [-0.25, -0.2) is 12.7 Å². The number of hydrogen-bond acceptors (Lipinski definition) is 3. The van der Waals surface area contributed by atoms with Gasteiger partial charge < -0.3 is 0 Å². The number of aromatic nitrogens is 1. The number of nitrogens with zero attached hydrogens (tertiary/aromatic N) is 2. The Kier molecular flexibility index (Phi) is 4.69. The lowest BCUT2D eigenvalue weighted by atomic mass is 9.89. The average Bonchev–Trinajstić information content (AvgIpc) is 2.54. The molecule has 0 radical (unpaired) electrons. The van der Waals surface area contributed by atoms with Crippen LogP contribution in [0.3, 0.4) is 0 Å². The zero-order chi connectivity index (χ0) is 16.4. The summed E-state index contributed by atoms with van der Waals surface area (Å²) in [5.41, 5.74) is 1.59. The van der Waals surface area contributed by atoms with Gasteiger partial charge in [0.1, 0.15) is 4.90 Å². The van der Waals surface area contributed by atoms with Crippen LogP contribution in [0.15, 0.2) is 35.4 Å². The molecule has 3 rings (SSSR count). The van der Waals surface area contributed by atoms with Gasteiger partial charge in [0.15, 0.2) is 0 Å². The number of benzene rings is 1. The molecule has 0 unspecified atom stereocenters. The fourth-order valence-electron chi connectivity index (χ4n) is 3.45. The van der Waals surface area contributed by atoms with Gasteiger partial charge in [-0.2, -0.15) is 0 Å². The van der Waals surface area contributed by atoms with Crippen LogP contribution in [-0.2, 0) is 10.0 Å². The maximum absolute atomic E-state index is 13.0. The Morgan fingerprint density at radius 3 is 2.70 bits per heavy atom. The molecule has 2 aromatic rings. The highest BCUT2D eigenvalue weighted by Gasteiger charge is 2.26. The van der Waals surface area contributed by atoms with Crippen LogP contribution in [-0.4, -0.2) is 31.3 Å². The summed E-state index contributed by atoms with van der Waals surface area (Å²) < 4.78 is 27.5. The lowest BCUT2D eigenvalue weighted by Gasteiger charge is -2.26. The molecule has 0 N–H and O–H groups in total. The Bertz CT molecular complexity index is 796. The van der Waals surface area contributed by atoms with E-state index in [1.54, 1.807) is 25.4 Å². The lowest BCUT2D eigenvalue weighted by Crippen LogP contribution is -2.32. The Balaban J connectivity index is 1.92. The van der Waals surface area contributed by atoms with E-state index >= 15 is 0 Å². The van der Waals surface area contributed by atoms with Crippen molar-refractivity contribution in [3.8, 4) is 0 Å². The molecule has 124 valence electrons. The Morgan fingerprint density at radius 1 is 1.22 bits per heavy atom. The van der Waals surface area contributed by atoms with Crippen molar-refractivity contribution in [2.75, 3.05) is 13.6 Å². The summed E-state index contributed by atoms with van der Waals surface area (Å²) in [6.07, 6.45) is 7.70. The maximum atomic E-state index is 13.0. The topological polar surface area (TPSA) is 50.3 Å². The summed E-state index contributed by atoms with van der Waals surface area (Å²) >= 11 is 0. The van der Waals surface area contributed by atoms with Crippen LogP contribution in [0.2, 0.25) is 0 Å². The van der Waals surface area contributed by atoms with Gasteiger partial charge in [0.2, 0.25) is 10.0 Å². The van der Waals surface area contributed by atoms with Gasteiger partial charge in [-0.05, 0) is 43.4 Å². The highest BCUT2D eigenvalue weighted by molar-refractivity contribution is 7.89. The number of pyridine rings is 1. The number of sulfonamides is 1. The summed E-state index contributed by atoms with van der Waals surface area (Å²) in [5.74, 6) is 0.480. The predicted octanol–water partition coefficient (Wildman–Crippen LogP) is 3.74. The first kappa shape index (κ1) is 16.4. The minimum atomic E-state index is -3.51. The number of fused-ring (bicyclic) bond motifs is 1. The van der Waals surface area contributed by atoms with Crippen LogP contribution < -0.4 is 0 Å². The highest BCUT2D eigenvalue weighted by atomic mass is 32.2. The third-order valence-electron chi connectivity index (χ3n) is 4.74. The van der Waals surface area contributed by atoms with Gasteiger partial charge in [0.05, 0.1) is 5.52 Å². The predicted molar refractivity (Wildman–Crippen MR) is 92.9 cm³/mol. The fourth-order valence-corrected chi connectivity index (χ4v) is 4.86. The van der Waals surface area contributed by atoms with Crippen molar-refractivity contribution >= 4 is 20.9 Å². The van der Waals surface area contributed by atoms with Crippen LogP contribution in [0.1, 0.15) is 37.7 Å². The first-order chi connectivity index (χ1) is 11.0. The van der Waals surface area contributed by atoms with Crippen molar-refractivity contribution in [2.45, 2.75) is 43.9 Å². The molecule has 1 aromatic carbocycles. The minimum Gasteiger partial charge on any atom is -0.255 e. The monoisotopic (exact) mass is 332 g/mol. The van der Waals surface area contributed by atoms with E-state index in [0.29, 0.717) is 22.9 Å². The molecule has 1 aliphatic carbocycles. The van der Waals surface area contributed by atoms with Crippen molar-refractivity contribution in [1.29, 1.82) is 0 Å². The average molecular weight is 332 g/mol. The first-order valence-corrected chi connectivity index (χ1v) is 9.74. The van der Waals surface area contributed by atoms with E-state index in [1.807, 2.05) is 19.1 Å². The minimum absolute atomic E-state index is 0.313. The summed E-state index contributed by atoms with van der Waals surface area (Å²) in [7, 11) is -1.82. The van der Waals surface area contributed by atoms with Gasteiger partial charge >= 0.3 is 0 Å². The van der Waals surface area contributed by atoms with Gasteiger partial charge in [0.25, 0.3) is 0 Å². The normalized spacial score (nSPS) is 17.0. The quantitative estimate of drug-likeness (QED) is 0.857. The van der Waals surface area contributed by atoms with Gasteiger partial charge in [-0.3, -0.25) is 4.98 Å². The van der Waals surface area contributed by atoms with E-state index in [1.165, 1.54) is 23.6 Å². The first-order valence-electron chi connectivity index (χ1n) is 8.30. The summed E-state index contributed by atoms with van der Waals surface area (Å²) in [6, 6.07) is 7.35. The molecule has 1 fully saturated rings. The second-order valence-electron chi connectivity index (χ2n) is 6.63.